The highest BCUT2D eigenvalue weighted by atomic mass is 16.1. The molecule has 1 aromatic rings. The van der Waals surface area contributed by atoms with Gasteiger partial charge in [-0.15, -0.1) is 0 Å². The molecule has 0 fully saturated rings. The van der Waals surface area contributed by atoms with E-state index in [9.17, 15) is 4.79 Å². The summed E-state index contributed by atoms with van der Waals surface area (Å²) in [7, 11) is 1.79. The Balaban J connectivity index is 3.12. The lowest BCUT2D eigenvalue weighted by Gasteiger charge is -2.22. The molecule has 1 rings (SSSR count). The van der Waals surface area contributed by atoms with Crippen molar-refractivity contribution < 1.29 is 4.79 Å². The molecular formula is C14H25N5O. The highest BCUT2D eigenvalue weighted by Gasteiger charge is 2.20. The number of likely N-dealkylation sites (N-methyl/N-ethyl adjacent to an activating group) is 1. The Hall–Kier alpha value is -1.85. The molecule has 6 heteroatoms. The second-order valence-corrected chi connectivity index (χ2v) is 5.93. The molecule has 0 saturated carbocycles. The average molecular weight is 279 g/mol. The van der Waals surface area contributed by atoms with E-state index >= 15 is 0 Å². The van der Waals surface area contributed by atoms with Crippen molar-refractivity contribution in [3.8, 4) is 0 Å². The van der Waals surface area contributed by atoms with Crippen molar-refractivity contribution >= 4 is 17.5 Å². The first-order valence-electron chi connectivity index (χ1n) is 6.87. The molecule has 0 saturated heterocycles. The first-order valence-corrected chi connectivity index (χ1v) is 6.87. The van der Waals surface area contributed by atoms with Crippen LogP contribution in [0.2, 0.25) is 0 Å². The Bertz CT molecular complexity index is 467. The standard InChI is InChI=1S/C14H25N5O/c1-6-7-16-11-8-12(19(5)9-10(15)20)18-13(17-11)14(2,3)4/h8H,6-7,9H2,1-5H3,(H2,15,20)(H,16,17,18). The van der Waals surface area contributed by atoms with E-state index in [2.05, 4.69) is 43.0 Å². The zero-order valence-electron chi connectivity index (χ0n) is 13.0. The molecule has 0 atom stereocenters. The van der Waals surface area contributed by atoms with Crippen LogP contribution in [-0.2, 0) is 10.2 Å². The Kier molecular flexibility index (Phi) is 5.30. The molecule has 3 N–H and O–H groups in total. The summed E-state index contributed by atoms with van der Waals surface area (Å²) in [6.07, 6.45) is 1.02. The van der Waals surface area contributed by atoms with E-state index in [1.807, 2.05) is 6.07 Å². The molecule has 0 bridgehead atoms. The van der Waals surface area contributed by atoms with Crippen LogP contribution in [0.1, 0.15) is 39.9 Å². The maximum atomic E-state index is 11.0. The van der Waals surface area contributed by atoms with Gasteiger partial charge in [-0.1, -0.05) is 27.7 Å². The smallest absolute Gasteiger partial charge is 0.236 e. The van der Waals surface area contributed by atoms with Gasteiger partial charge >= 0.3 is 0 Å². The van der Waals surface area contributed by atoms with Crippen LogP contribution in [-0.4, -0.2) is 36.0 Å². The van der Waals surface area contributed by atoms with Crippen LogP contribution in [0.4, 0.5) is 11.6 Å². The van der Waals surface area contributed by atoms with Crippen LogP contribution in [0.25, 0.3) is 0 Å². The summed E-state index contributed by atoms with van der Waals surface area (Å²) in [5.74, 6) is 1.83. The molecule has 20 heavy (non-hydrogen) atoms. The van der Waals surface area contributed by atoms with Gasteiger partial charge in [-0.2, -0.15) is 0 Å². The Morgan fingerprint density at radius 1 is 1.40 bits per heavy atom. The predicted octanol–water partition coefficient (Wildman–Crippen LogP) is 1.52. The van der Waals surface area contributed by atoms with Gasteiger partial charge < -0.3 is 16.0 Å². The highest BCUT2D eigenvalue weighted by molar-refractivity contribution is 5.79. The number of nitrogens with two attached hydrogens (primary N) is 1. The van der Waals surface area contributed by atoms with Crippen LogP contribution >= 0.6 is 0 Å². The Morgan fingerprint density at radius 3 is 2.55 bits per heavy atom. The van der Waals surface area contributed by atoms with Crippen molar-refractivity contribution in [3.63, 3.8) is 0 Å². The summed E-state index contributed by atoms with van der Waals surface area (Å²) in [6, 6.07) is 1.84. The molecule has 0 unspecified atom stereocenters. The second-order valence-electron chi connectivity index (χ2n) is 5.93. The molecule has 0 radical (unpaired) electrons. The minimum absolute atomic E-state index is 0.133. The van der Waals surface area contributed by atoms with Crippen LogP contribution in [0.15, 0.2) is 6.07 Å². The van der Waals surface area contributed by atoms with Gasteiger partial charge in [0.1, 0.15) is 17.5 Å². The fraction of sp³-hybridized carbons (Fsp3) is 0.643. The van der Waals surface area contributed by atoms with E-state index in [0.717, 1.165) is 24.6 Å². The summed E-state index contributed by atoms with van der Waals surface area (Å²) in [5, 5.41) is 3.26. The topological polar surface area (TPSA) is 84.1 Å². The van der Waals surface area contributed by atoms with Crippen LogP contribution < -0.4 is 16.0 Å². The maximum absolute atomic E-state index is 11.0. The molecule has 0 aliphatic heterocycles. The zero-order chi connectivity index (χ0) is 15.3. The number of hydrogen-bond acceptors (Lipinski definition) is 5. The lowest BCUT2D eigenvalue weighted by molar-refractivity contribution is -0.116. The lowest BCUT2D eigenvalue weighted by Crippen LogP contribution is -2.32. The molecule has 0 aromatic carbocycles. The molecule has 0 aliphatic carbocycles. The summed E-state index contributed by atoms with van der Waals surface area (Å²) in [6.45, 7) is 9.25. The van der Waals surface area contributed by atoms with Gasteiger partial charge in [0.25, 0.3) is 0 Å². The first-order chi connectivity index (χ1) is 9.24. The number of primary amides is 1. The number of nitrogens with zero attached hydrogens (tertiary/aromatic N) is 3. The fourth-order valence-corrected chi connectivity index (χ4v) is 1.62. The normalized spacial score (nSPS) is 11.2. The van der Waals surface area contributed by atoms with Crippen LogP contribution in [0.3, 0.4) is 0 Å². The van der Waals surface area contributed by atoms with E-state index in [-0.39, 0.29) is 17.9 Å². The van der Waals surface area contributed by atoms with Crippen molar-refractivity contribution in [1.29, 1.82) is 0 Å². The van der Waals surface area contributed by atoms with Gasteiger partial charge in [0.2, 0.25) is 5.91 Å². The quantitative estimate of drug-likeness (QED) is 0.824. The van der Waals surface area contributed by atoms with Gasteiger partial charge in [-0.25, -0.2) is 9.97 Å². The Labute approximate surface area is 120 Å². The largest absolute Gasteiger partial charge is 0.370 e. The third kappa shape index (κ3) is 4.68. The molecule has 0 aliphatic rings. The molecule has 112 valence electrons. The highest BCUT2D eigenvalue weighted by Crippen LogP contribution is 2.23. The van der Waals surface area contributed by atoms with Gasteiger partial charge in [0.05, 0.1) is 6.54 Å². The molecule has 6 nitrogen and oxygen atoms in total. The van der Waals surface area contributed by atoms with E-state index in [4.69, 9.17) is 5.73 Å². The van der Waals surface area contributed by atoms with Gasteiger partial charge in [-0.3, -0.25) is 4.79 Å². The molecule has 1 heterocycles. The van der Waals surface area contributed by atoms with Crippen molar-refractivity contribution in [2.45, 2.75) is 39.5 Å². The maximum Gasteiger partial charge on any atom is 0.236 e. The van der Waals surface area contributed by atoms with E-state index in [0.29, 0.717) is 5.82 Å². The lowest BCUT2D eigenvalue weighted by atomic mass is 9.96. The number of amides is 1. The summed E-state index contributed by atoms with van der Waals surface area (Å²) >= 11 is 0. The summed E-state index contributed by atoms with van der Waals surface area (Å²) < 4.78 is 0. The van der Waals surface area contributed by atoms with Gasteiger partial charge in [0.15, 0.2) is 0 Å². The van der Waals surface area contributed by atoms with Crippen LogP contribution in [0.5, 0.6) is 0 Å². The predicted molar refractivity (Wildman–Crippen MR) is 82.0 cm³/mol. The third-order valence-corrected chi connectivity index (χ3v) is 2.72. The average Bonchev–Trinajstić information content (AvgIpc) is 2.34. The molecule has 1 aromatic heterocycles. The monoisotopic (exact) mass is 279 g/mol. The van der Waals surface area contributed by atoms with Gasteiger partial charge in [-0.05, 0) is 6.42 Å². The van der Waals surface area contributed by atoms with Crippen molar-refractivity contribution in [2.75, 3.05) is 30.4 Å². The minimum atomic E-state index is -0.383. The van der Waals surface area contributed by atoms with Gasteiger partial charge in [0, 0.05) is 25.1 Å². The number of carbonyl (C=O) groups excluding carboxylic acids is 1. The van der Waals surface area contributed by atoms with Crippen molar-refractivity contribution in [1.82, 2.24) is 9.97 Å². The number of anilines is 2. The number of hydrogen-bond donors (Lipinski definition) is 2. The van der Waals surface area contributed by atoms with E-state index < -0.39 is 0 Å². The molecule has 0 spiro atoms. The number of nitrogens with one attached hydrogen (secondary N) is 1. The number of rotatable bonds is 6. The Morgan fingerprint density at radius 2 is 2.05 bits per heavy atom. The minimum Gasteiger partial charge on any atom is -0.370 e. The van der Waals surface area contributed by atoms with Crippen LogP contribution in [0, 0.1) is 0 Å². The van der Waals surface area contributed by atoms with Crippen molar-refractivity contribution in [3.05, 3.63) is 11.9 Å². The zero-order valence-corrected chi connectivity index (χ0v) is 13.0. The molecular weight excluding hydrogens is 254 g/mol. The number of carbonyl (C=O) groups is 1. The first kappa shape index (κ1) is 16.2. The SMILES string of the molecule is CCCNc1cc(N(C)CC(N)=O)nc(C(C)(C)C)n1. The fourth-order valence-electron chi connectivity index (χ4n) is 1.62. The molecule has 1 amide bonds. The summed E-state index contributed by atoms with van der Waals surface area (Å²) in [5.41, 5.74) is 5.07. The summed E-state index contributed by atoms with van der Waals surface area (Å²) in [4.78, 5) is 21.8. The van der Waals surface area contributed by atoms with E-state index in [1.165, 1.54) is 0 Å². The van der Waals surface area contributed by atoms with E-state index in [1.54, 1.807) is 11.9 Å². The number of aromatic nitrogens is 2. The third-order valence-electron chi connectivity index (χ3n) is 2.72. The second kappa shape index (κ2) is 6.54. The van der Waals surface area contributed by atoms with Crippen molar-refractivity contribution in [2.24, 2.45) is 5.73 Å².